The zero-order chi connectivity index (χ0) is 35.7. The molecule has 278 valence electrons. The van der Waals surface area contributed by atoms with Gasteiger partial charge < -0.3 is 25.2 Å². The van der Waals surface area contributed by atoms with Crippen LogP contribution in [0.1, 0.15) is 142 Å². The summed E-state index contributed by atoms with van der Waals surface area (Å²) in [5.74, 6) is -2.43. The molecule has 0 fully saturated rings. The predicted octanol–water partition coefficient (Wildman–Crippen LogP) is 8.50. The Balaban J connectivity index is 4.52. The molecule has 4 N–H and O–H groups in total. The highest BCUT2D eigenvalue weighted by molar-refractivity contribution is 7.47. The lowest BCUT2D eigenvalue weighted by molar-refractivity contribution is -0.161. The third-order valence-corrected chi connectivity index (χ3v) is 8.34. The van der Waals surface area contributed by atoms with Gasteiger partial charge in [-0.15, -0.1) is 0 Å². The number of carbonyl (C=O) groups excluding carboxylic acids is 2. The standard InChI is InChI=1S/C36H64NO10P/c1-3-5-7-9-11-13-14-15-16-17-18-20-21-23-25-27-34(38)44-29-32(30-45-48(42,43)46-31-33(37)36(40)41)47-35(39)28-26-24-22-19-12-10-8-6-4-2/h11,13,15-16,18,20,32-33H,3-10,12,14,17,19,21-31,37H2,1-2H3,(H,40,41)(H,42,43)/b13-11+,16-15+,20-18+/t32-,33+/m0/s1. The first-order valence-corrected chi connectivity index (χ1v) is 19.5. The molecule has 0 saturated heterocycles. The number of phosphoric ester groups is 1. The van der Waals surface area contributed by atoms with Crippen LogP contribution in [0.15, 0.2) is 36.5 Å². The maximum atomic E-state index is 12.5. The maximum Gasteiger partial charge on any atom is 0.472 e. The van der Waals surface area contributed by atoms with Crippen LogP contribution in [-0.4, -0.2) is 59.9 Å². The lowest BCUT2D eigenvalue weighted by atomic mass is 10.1. The number of unbranched alkanes of at least 4 members (excludes halogenated alkanes) is 13. The Morgan fingerprint density at radius 1 is 0.646 bits per heavy atom. The molecule has 11 nitrogen and oxygen atoms in total. The van der Waals surface area contributed by atoms with Gasteiger partial charge in [0.2, 0.25) is 0 Å². The molecule has 0 saturated carbocycles. The number of allylic oxidation sites excluding steroid dienone is 6. The molecule has 0 aromatic rings. The third-order valence-electron chi connectivity index (χ3n) is 7.39. The number of rotatable bonds is 33. The summed E-state index contributed by atoms with van der Waals surface area (Å²) in [5.41, 5.74) is 5.30. The Morgan fingerprint density at radius 3 is 1.69 bits per heavy atom. The van der Waals surface area contributed by atoms with Gasteiger partial charge in [-0.25, -0.2) is 4.57 Å². The highest BCUT2D eigenvalue weighted by atomic mass is 31.2. The van der Waals surface area contributed by atoms with Crippen molar-refractivity contribution in [1.82, 2.24) is 0 Å². The summed E-state index contributed by atoms with van der Waals surface area (Å²) in [5, 5.41) is 8.83. The minimum atomic E-state index is -4.71. The van der Waals surface area contributed by atoms with Crippen molar-refractivity contribution in [3.8, 4) is 0 Å². The first-order chi connectivity index (χ1) is 23.1. The summed E-state index contributed by atoms with van der Waals surface area (Å²) < 4.78 is 32.4. The Labute approximate surface area is 289 Å². The third kappa shape index (κ3) is 31.0. The molecule has 0 radical (unpaired) electrons. The first kappa shape index (κ1) is 45.7. The van der Waals surface area contributed by atoms with Gasteiger partial charge in [0, 0.05) is 12.8 Å². The van der Waals surface area contributed by atoms with Gasteiger partial charge in [-0.1, -0.05) is 115 Å². The van der Waals surface area contributed by atoms with Crippen molar-refractivity contribution < 1.29 is 47.5 Å². The fourth-order valence-electron chi connectivity index (χ4n) is 4.48. The monoisotopic (exact) mass is 701 g/mol. The van der Waals surface area contributed by atoms with E-state index < -0.39 is 51.1 Å². The number of carboxylic acids is 1. The second kappa shape index (κ2) is 31.9. The van der Waals surface area contributed by atoms with E-state index in [1.165, 1.54) is 51.4 Å². The van der Waals surface area contributed by atoms with E-state index in [1.807, 2.05) is 0 Å². The van der Waals surface area contributed by atoms with Gasteiger partial charge in [-0.3, -0.25) is 23.4 Å². The van der Waals surface area contributed by atoms with Gasteiger partial charge in [0.15, 0.2) is 6.10 Å². The molecule has 0 spiro atoms. The molecule has 0 aromatic carbocycles. The molecule has 0 aliphatic heterocycles. The number of nitrogens with two attached hydrogens (primary N) is 1. The van der Waals surface area contributed by atoms with Crippen LogP contribution in [0.3, 0.4) is 0 Å². The van der Waals surface area contributed by atoms with E-state index in [1.54, 1.807) is 0 Å². The van der Waals surface area contributed by atoms with Crippen molar-refractivity contribution in [3.63, 3.8) is 0 Å². The summed E-state index contributed by atoms with van der Waals surface area (Å²) >= 11 is 0. The minimum Gasteiger partial charge on any atom is -0.480 e. The van der Waals surface area contributed by atoms with Gasteiger partial charge in [-0.2, -0.15) is 0 Å². The van der Waals surface area contributed by atoms with E-state index in [4.69, 9.17) is 24.8 Å². The van der Waals surface area contributed by atoms with Gasteiger partial charge in [0.25, 0.3) is 0 Å². The molecule has 0 aromatic heterocycles. The molecular weight excluding hydrogens is 637 g/mol. The molecule has 1 unspecified atom stereocenters. The largest absolute Gasteiger partial charge is 0.480 e. The van der Waals surface area contributed by atoms with Crippen molar-refractivity contribution >= 4 is 25.7 Å². The van der Waals surface area contributed by atoms with Crippen LogP contribution in [0.5, 0.6) is 0 Å². The number of ether oxygens (including phenoxy) is 2. The van der Waals surface area contributed by atoms with Crippen LogP contribution < -0.4 is 5.73 Å². The number of hydrogen-bond acceptors (Lipinski definition) is 9. The molecule has 0 aliphatic rings. The molecule has 3 atom stereocenters. The number of phosphoric acid groups is 1. The topological polar surface area (TPSA) is 172 Å². The number of hydrogen-bond donors (Lipinski definition) is 3. The zero-order valence-electron chi connectivity index (χ0n) is 29.6. The quantitative estimate of drug-likeness (QED) is 0.0259. The van der Waals surface area contributed by atoms with Crippen molar-refractivity contribution in [1.29, 1.82) is 0 Å². The van der Waals surface area contributed by atoms with Gasteiger partial charge in [0.05, 0.1) is 13.2 Å². The average molecular weight is 702 g/mol. The number of esters is 2. The molecular formula is C36H64NO10P. The van der Waals surface area contributed by atoms with Gasteiger partial charge >= 0.3 is 25.7 Å². The van der Waals surface area contributed by atoms with Gasteiger partial charge in [-0.05, 0) is 51.4 Å². The van der Waals surface area contributed by atoms with E-state index in [0.29, 0.717) is 12.8 Å². The number of carboxylic acid groups (broad SMARTS) is 1. The van der Waals surface area contributed by atoms with Gasteiger partial charge in [0.1, 0.15) is 12.6 Å². The van der Waals surface area contributed by atoms with E-state index >= 15 is 0 Å². The highest BCUT2D eigenvalue weighted by Gasteiger charge is 2.28. The summed E-state index contributed by atoms with van der Waals surface area (Å²) in [6.07, 6.45) is 30.9. The Bertz CT molecular complexity index is 968. The Hall–Kier alpha value is -2.30. The Morgan fingerprint density at radius 2 is 1.10 bits per heavy atom. The molecule has 0 rings (SSSR count). The average Bonchev–Trinajstić information content (AvgIpc) is 3.05. The van der Waals surface area contributed by atoms with Crippen LogP contribution in [0.25, 0.3) is 0 Å². The predicted molar refractivity (Wildman–Crippen MR) is 189 cm³/mol. The van der Waals surface area contributed by atoms with E-state index in [-0.39, 0.29) is 19.4 Å². The lowest BCUT2D eigenvalue weighted by Crippen LogP contribution is -2.34. The number of carbonyl (C=O) groups is 3. The zero-order valence-corrected chi connectivity index (χ0v) is 30.5. The second-order valence-electron chi connectivity index (χ2n) is 12.0. The van der Waals surface area contributed by atoms with Crippen LogP contribution >= 0.6 is 7.82 Å². The molecule has 0 aliphatic carbocycles. The van der Waals surface area contributed by atoms with Crippen LogP contribution in [0, 0.1) is 0 Å². The van der Waals surface area contributed by atoms with E-state index in [9.17, 15) is 23.8 Å². The van der Waals surface area contributed by atoms with E-state index in [0.717, 1.165) is 51.4 Å². The summed E-state index contributed by atoms with van der Waals surface area (Å²) in [7, 11) is -4.71. The van der Waals surface area contributed by atoms with Crippen molar-refractivity contribution in [3.05, 3.63) is 36.5 Å². The highest BCUT2D eigenvalue weighted by Crippen LogP contribution is 2.43. The summed E-state index contributed by atoms with van der Waals surface area (Å²) in [4.78, 5) is 45.5. The summed E-state index contributed by atoms with van der Waals surface area (Å²) in [6.45, 7) is 2.67. The maximum absolute atomic E-state index is 12.5. The second-order valence-corrected chi connectivity index (χ2v) is 13.5. The van der Waals surface area contributed by atoms with Crippen molar-refractivity contribution in [2.45, 2.75) is 154 Å². The fraction of sp³-hybridized carbons (Fsp3) is 0.750. The van der Waals surface area contributed by atoms with Crippen LogP contribution in [0.4, 0.5) is 0 Å². The molecule has 0 amide bonds. The normalized spacial score (nSPS) is 14.4. The summed E-state index contributed by atoms with van der Waals surface area (Å²) in [6, 6.07) is -1.52. The molecule has 48 heavy (non-hydrogen) atoms. The minimum absolute atomic E-state index is 0.153. The van der Waals surface area contributed by atoms with Crippen molar-refractivity contribution in [2.24, 2.45) is 5.73 Å². The van der Waals surface area contributed by atoms with E-state index in [2.05, 4.69) is 54.8 Å². The smallest absolute Gasteiger partial charge is 0.472 e. The lowest BCUT2D eigenvalue weighted by Gasteiger charge is -2.20. The molecule has 0 bridgehead atoms. The fourth-order valence-corrected chi connectivity index (χ4v) is 5.26. The number of aliphatic carboxylic acids is 1. The molecule has 0 heterocycles. The SMILES string of the molecule is CCCCC/C=C/C/C=C/C/C=C/CCCCC(=O)OC[C@@H](COP(=O)(O)OC[C@@H](N)C(=O)O)OC(=O)CCCCCCCCCCC. The molecule has 12 heteroatoms. The van der Waals surface area contributed by atoms with Crippen LogP contribution in [-0.2, 0) is 37.5 Å². The van der Waals surface area contributed by atoms with Crippen LogP contribution in [0.2, 0.25) is 0 Å². The first-order valence-electron chi connectivity index (χ1n) is 18.0. The van der Waals surface area contributed by atoms with Crippen molar-refractivity contribution in [2.75, 3.05) is 19.8 Å². The Kier molecular flexibility index (Phi) is 30.4.